The monoisotopic (exact) mass is 469 g/mol. The average Bonchev–Trinajstić information content (AvgIpc) is 3.50. The maximum atomic E-state index is 12.8. The molecule has 0 aliphatic heterocycles. The standard InChI is InChI=1S/C26H23N5O4/c32-26-21(13-16-7-3-1-4-8-16)27-19-15-22-20(14-18(19)29-26)28-25(23-11-12-24(35-23)31(33)34)30(22)17-9-5-2-6-10-17/h1,3-4,7-8,11-12,14-15,17H,2,5-6,9-10,13H2,(H,29,32). The number of furan rings is 1. The number of aromatic nitrogens is 4. The summed E-state index contributed by atoms with van der Waals surface area (Å²) in [6.45, 7) is 0. The average molecular weight is 470 g/mol. The van der Waals surface area contributed by atoms with Gasteiger partial charge in [0.05, 0.1) is 28.1 Å². The molecule has 0 spiro atoms. The van der Waals surface area contributed by atoms with Crippen LogP contribution in [0, 0.1) is 10.1 Å². The van der Waals surface area contributed by atoms with Crippen molar-refractivity contribution >= 4 is 28.0 Å². The summed E-state index contributed by atoms with van der Waals surface area (Å²) in [6, 6.07) is 16.7. The number of benzene rings is 2. The SMILES string of the molecule is O=c1[nH]c2cc3nc(-c4ccc([N+](=O)[O-])o4)n(C4CCCCC4)c3cc2nc1Cc1ccccc1. The maximum absolute atomic E-state index is 12.8. The van der Waals surface area contributed by atoms with Crippen LogP contribution >= 0.6 is 0 Å². The Hall–Kier alpha value is -4.27. The van der Waals surface area contributed by atoms with Gasteiger partial charge in [0.25, 0.3) is 5.56 Å². The number of nitrogens with one attached hydrogen (secondary N) is 1. The normalized spacial score (nSPS) is 14.6. The number of hydrogen-bond donors (Lipinski definition) is 1. The Balaban J connectivity index is 1.53. The van der Waals surface area contributed by atoms with Crippen LogP contribution in [0.3, 0.4) is 0 Å². The fraction of sp³-hybridized carbons (Fsp3) is 0.269. The Morgan fingerprint density at radius 1 is 1.03 bits per heavy atom. The molecule has 1 fully saturated rings. The van der Waals surface area contributed by atoms with Crippen molar-refractivity contribution in [3.63, 3.8) is 0 Å². The van der Waals surface area contributed by atoms with Crippen molar-refractivity contribution in [3.05, 3.63) is 86.3 Å². The van der Waals surface area contributed by atoms with E-state index in [1.807, 2.05) is 42.5 Å². The minimum atomic E-state index is -0.547. The molecular weight excluding hydrogens is 446 g/mol. The first kappa shape index (κ1) is 21.3. The predicted octanol–water partition coefficient (Wildman–Crippen LogP) is 5.54. The lowest BCUT2D eigenvalue weighted by Gasteiger charge is -2.25. The van der Waals surface area contributed by atoms with Crippen LogP contribution in [0.4, 0.5) is 5.88 Å². The van der Waals surface area contributed by atoms with Crippen molar-refractivity contribution < 1.29 is 9.34 Å². The van der Waals surface area contributed by atoms with E-state index < -0.39 is 4.92 Å². The lowest BCUT2D eigenvalue weighted by Crippen LogP contribution is -2.16. The smallest absolute Gasteiger partial charge is 0.397 e. The zero-order valence-corrected chi connectivity index (χ0v) is 18.9. The molecule has 2 aromatic carbocycles. The number of H-pyrrole nitrogens is 1. The van der Waals surface area contributed by atoms with E-state index in [9.17, 15) is 14.9 Å². The fourth-order valence-electron chi connectivity index (χ4n) is 5.05. The number of nitrogens with zero attached hydrogens (tertiary/aromatic N) is 4. The van der Waals surface area contributed by atoms with E-state index in [1.165, 1.54) is 12.5 Å². The second kappa shape index (κ2) is 8.50. The van der Waals surface area contributed by atoms with Crippen LogP contribution in [0.2, 0.25) is 0 Å². The topological polar surface area (TPSA) is 120 Å². The molecule has 5 aromatic rings. The van der Waals surface area contributed by atoms with Gasteiger partial charge in [-0.2, -0.15) is 0 Å². The third-order valence-corrected chi connectivity index (χ3v) is 6.72. The van der Waals surface area contributed by atoms with Crippen molar-refractivity contribution in [2.45, 2.75) is 44.6 Å². The molecule has 3 aromatic heterocycles. The van der Waals surface area contributed by atoms with Gasteiger partial charge in [-0.1, -0.05) is 49.6 Å². The van der Waals surface area contributed by atoms with Gasteiger partial charge in [-0.15, -0.1) is 0 Å². The summed E-state index contributed by atoms with van der Waals surface area (Å²) < 4.78 is 7.68. The number of imidazole rings is 1. The van der Waals surface area contributed by atoms with Crippen LogP contribution in [0.15, 0.2) is 63.8 Å². The second-order valence-electron chi connectivity index (χ2n) is 9.03. The van der Waals surface area contributed by atoms with E-state index in [1.54, 1.807) is 6.07 Å². The number of hydrogen-bond acceptors (Lipinski definition) is 6. The summed E-state index contributed by atoms with van der Waals surface area (Å²) in [4.78, 5) is 35.9. The summed E-state index contributed by atoms with van der Waals surface area (Å²) in [5.41, 5.74) is 4.08. The molecule has 1 aliphatic rings. The van der Waals surface area contributed by atoms with Crippen LogP contribution in [0.25, 0.3) is 33.7 Å². The van der Waals surface area contributed by atoms with E-state index >= 15 is 0 Å². The van der Waals surface area contributed by atoms with Crippen LogP contribution in [0.5, 0.6) is 0 Å². The fourth-order valence-corrected chi connectivity index (χ4v) is 5.05. The van der Waals surface area contributed by atoms with E-state index in [0.29, 0.717) is 40.2 Å². The van der Waals surface area contributed by atoms with Crippen LogP contribution in [-0.4, -0.2) is 24.4 Å². The second-order valence-corrected chi connectivity index (χ2v) is 9.03. The Bertz CT molecular complexity index is 1610. The minimum Gasteiger partial charge on any atom is -0.397 e. The first-order valence-corrected chi connectivity index (χ1v) is 11.8. The van der Waals surface area contributed by atoms with E-state index in [4.69, 9.17) is 14.4 Å². The summed E-state index contributed by atoms with van der Waals surface area (Å²) in [7, 11) is 0. The Morgan fingerprint density at radius 3 is 2.57 bits per heavy atom. The van der Waals surface area contributed by atoms with Crippen LogP contribution < -0.4 is 5.56 Å². The molecule has 0 bridgehead atoms. The lowest BCUT2D eigenvalue weighted by molar-refractivity contribution is -0.401. The molecule has 3 heterocycles. The van der Waals surface area contributed by atoms with E-state index in [0.717, 1.165) is 36.8 Å². The van der Waals surface area contributed by atoms with Crippen LogP contribution in [0.1, 0.15) is 49.4 Å². The summed E-state index contributed by atoms with van der Waals surface area (Å²) in [6.07, 6.45) is 5.85. The quantitative estimate of drug-likeness (QED) is 0.267. The number of nitro groups is 1. The first-order chi connectivity index (χ1) is 17.1. The Kier molecular flexibility index (Phi) is 5.17. The summed E-state index contributed by atoms with van der Waals surface area (Å²) in [5, 5.41) is 11.2. The molecule has 176 valence electrons. The molecule has 1 aliphatic carbocycles. The van der Waals surface area contributed by atoms with Gasteiger partial charge in [-0.3, -0.25) is 14.9 Å². The highest BCUT2D eigenvalue weighted by Gasteiger charge is 2.26. The summed E-state index contributed by atoms with van der Waals surface area (Å²) in [5.74, 6) is 0.597. The van der Waals surface area contributed by atoms with Crippen LogP contribution in [-0.2, 0) is 6.42 Å². The van der Waals surface area contributed by atoms with Crippen molar-refractivity contribution in [3.8, 4) is 11.6 Å². The zero-order valence-electron chi connectivity index (χ0n) is 18.9. The lowest BCUT2D eigenvalue weighted by atomic mass is 9.95. The van der Waals surface area contributed by atoms with Crippen molar-refractivity contribution in [1.29, 1.82) is 0 Å². The largest absolute Gasteiger partial charge is 0.433 e. The Labute approximate surface area is 199 Å². The molecular formula is C26H23N5O4. The highest BCUT2D eigenvalue weighted by atomic mass is 16.6. The summed E-state index contributed by atoms with van der Waals surface area (Å²) >= 11 is 0. The number of aromatic amines is 1. The van der Waals surface area contributed by atoms with Crippen molar-refractivity contribution in [1.82, 2.24) is 19.5 Å². The van der Waals surface area contributed by atoms with Gasteiger partial charge in [0.15, 0.2) is 11.6 Å². The molecule has 0 atom stereocenters. The molecule has 0 radical (unpaired) electrons. The van der Waals surface area contributed by atoms with Gasteiger partial charge in [-0.05, 0) is 36.6 Å². The highest BCUT2D eigenvalue weighted by molar-refractivity contribution is 5.93. The Morgan fingerprint density at radius 2 is 1.83 bits per heavy atom. The minimum absolute atomic E-state index is 0.205. The maximum Gasteiger partial charge on any atom is 0.433 e. The van der Waals surface area contributed by atoms with E-state index in [-0.39, 0.29) is 17.5 Å². The molecule has 1 N–H and O–H groups in total. The zero-order chi connectivity index (χ0) is 23.9. The molecule has 1 saturated carbocycles. The highest BCUT2D eigenvalue weighted by Crippen LogP contribution is 2.37. The molecule has 0 amide bonds. The molecule has 6 rings (SSSR count). The molecule has 0 unspecified atom stereocenters. The third kappa shape index (κ3) is 3.88. The van der Waals surface area contributed by atoms with Gasteiger partial charge in [0, 0.05) is 12.5 Å². The molecule has 35 heavy (non-hydrogen) atoms. The van der Waals surface area contributed by atoms with Gasteiger partial charge in [-0.25, -0.2) is 9.97 Å². The van der Waals surface area contributed by atoms with Gasteiger partial charge >= 0.3 is 5.88 Å². The van der Waals surface area contributed by atoms with E-state index in [2.05, 4.69) is 9.55 Å². The first-order valence-electron chi connectivity index (χ1n) is 11.8. The predicted molar refractivity (Wildman–Crippen MR) is 131 cm³/mol. The van der Waals surface area contributed by atoms with Gasteiger partial charge in [0.1, 0.15) is 10.6 Å². The molecule has 9 nitrogen and oxygen atoms in total. The van der Waals surface area contributed by atoms with Gasteiger partial charge < -0.3 is 14.0 Å². The van der Waals surface area contributed by atoms with Crippen molar-refractivity contribution in [2.24, 2.45) is 0 Å². The third-order valence-electron chi connectivity index (χ3n) is 6.72. The van der Waals surface area contributed by atoms with Crippen molar-refractivity contribution in [2.75, 3.05) is 0 Å². The molecule has 0 saturated heterocycles. The molecule has 9 heteroatoms. The van der Waals surface area contributed by atoms with Gasteiger partial charge in [0.2, 0.25) is 0 Å². The number of rotatable bonds is 5. The number of fused-ring (bicyclic) bond motifs is 2.